The van der Waals surface area contributed by atoms with Crippen molar-refractivity contribution in [2.45, 2.75) is 13.0 Å². The molecule has 1 aliphatic rings. The highest BCUT2D eigenvalue weighted by Crippen LogP contribution is 2.16. The molecule has 0 radical (unpaired) electrons. The first-order valence-electron chi connectivity index (χ1n) is 8.57. The van der Waals surface area contributed by atoms with Gasteiger partial charge in [0.2, 0.25) is 0 Å². The molecular formula is C20H22N4. The number of fused-ring (bicyclic) bond motifs is 1. The van der Waals surface area contributed by atoms with Crippen molar-refractivity contribution in [2.24, 2.45) is 0 Å². The van der Waals surface area contributed by atoms with Crippen LogP contribution in [0.2, 0.25) is 0 Å². The number of nitrogens with one attached hydrogen (secondary N) is 1. The lowest BCUT2D eigenvalue weighted by Gasteiger charge is -2.27. The first kappa shape index (κ1) is 15.2. The zero-order valence-electron chi connectivity index (χ0n) is 13.8. The minimum Gasteiger partial charge on any atom is -0.314 e. The lowest BCUT2D eigenvalue weighted by molar-refractivity contribution is 0.233. The van der Waals surface area contributed by atoms with Gasteiger partial charge >= 0.3 is 0 Å². The molecule has 3 aromatic rings. The molecule has 0 spiro atoms. The first-order chi connectivity index (χ1) is 11.9. The minimum atomic E-state index is 0.778. The van der Waals surface area contributed by atoms with Crippen LogP contribution >= 0.6 is 0 Å². The van der Waals surface area contributed by atoms with Gasteiger partial charge in [-0.05, 0) is 29.1 Å². The second-order valence-corrected chi connectivity index (χ2v) is 6.38. The minimum absolute atomic E-state index is 0.778. The zero-order valence-corrected chi connectivity index (χ0v) is 13.8. The number of hydrogen-bond donors (Lipinski definition) is 1. The normalized spacial score (nSPS) is 15.7. The number of aromatic nitrogens is 2. The Hall–Kier alpha value is -2.30. The summed E-state index contributed by atoms with van der Waals surface area (Å²) in [7, 11) is 0. The summed E-state index contributed by atoms with van der Waals surface area (Å²) in [5.74, 6) is 0. The molecule has 1 saturated heterocycles. The van der Waals surface area contributed by atoms with Crippen LogP contribution in [0.15, 0.2) is 54.9 Å². The summed E-state index contributed by atoms with van der Waals surface area (Å²) in [6.07, 6.45) is 4.66. The van der Waals surface area contributed by atoms with Crippen LogP contribution in [-0.2, 0) is 13.0 Å². The maximum absolute atomic E-state index is 4.59. The van der Waals surface area contributed by atoms with Crippen LogP contribution in [0.4, 0.5) is 0 Å². The molecule has 1 aromatic carbocycles. The van der Waals surface area contributed by atoms with Gasteiger partial charge in [-0.15, -0.1) is 0 Å². The molecule has 1 N–H and O–H groups in total. The maximum Gasteiger partial charge on any atom is 0.0469 e. The second-order valence-electron chi connectivity index (χ2n) is 6.38. The van der Waals surface area contributed by atoms with Crippen LogP contribution in [0.1, 0.15) is 17.0 Å². The fourth-order valence-corrected chi connectivity index (χ4v) is 3.26. The van der Waals surface area contributed by atoms with Crippen LogP contribution in [0.5, 0.6) is 0 Å². The molecule has 0 saturated carbocycles. The number of pyridine rings is 2. The SMILES string of the molecule is c1ccc2cc(Cc3cc(CN4CCNCC4)ccn3)ncc2c1. The molecule has 0 aliphatic carbocycles. The number of piperazine rings is 1. The number of nitrogens with zero attached hydrogens (tertiary/aromatic N) is 3. The Kier molecular flexibility index (Phi) is 4.49. The Bertz CT molecular complexity index is 824. The van der Waals surface area contributed by atoms with E-state index in [2.05, 4.69) is 56.6 Å². The summed E-state index contributed by atoms with van der Waals surface area (Å²) in [6, 6.07) is 14.9. The van der Waals surface area contributed by atoms with E-state index < -0.39 is 0 Å². The fraction of sp³-hybridized carbons (Fsp3) is 0.300. The molecule has 1 fully saturated rings. The van der Waals surface area contributed by atoms with Gasteiger partial charge in [-0.25, -0.2) is 0 Å². The van der Waals surface area contributed by atoms with E-state index in [0.717, 1.165) is 50.5 Å². The number of benzene rings is 1. The standard InChI is InChI=1S/C20H22N4/c1-2-4-18-14-23-20(12-17(18)3-1)13-19-11-16(5-6-22-19)15-24-9-7-21-8-10-24/h1-6,11-12,14,21H,7-10,13,15H2. The largest absolute Gasteiger partial charge is 0.314 e. The van der Waals surface area contributed by atoms with E-state index in [9.17, 15) is 0 Å². The molecule has 4 nitrogen and oxygen atoms in total. The number of rotatable bonds is 4. The maximum atomic E-state index is 4.59. The van der Waals surface area contributed by atoms with Crippen molar-refractivity contribution >= 4 is 10.8 Å². The van der Waals surface area contributed by atoms with Crippen LogP contribution in [0, 0.1) is 0 Å². The highest BCUT2D eigenvalue weighted by molar-refractivity contribution is 5.81. The van der Waals surface area contributed by atoms with E-state index in [-0.39, 0.29) is 0 Å². The predicted octanol–water partition coefficient (Wildman–Crippen LogP) is 2.63. The van der Waals surface area contributed by atoms with Crippen molar-refractivity contribution in [3.63, 3.8) is 0 Å². The zero-order chi connectivity index (χ0) is 16.2. The summed E-state index contributed by atoms with van der Waals surface area (Å²) in [5, 5.41) is 5.81. The quantitative estimate of drug-likeness (QED) is 0.803. The van der Waals surface area contributed by atoms with Gasteiger partial charge in [0.15, 0.2) is 0 Å². The van der Waals surface area contributed by atoms with E-state index in [1.165, 1.54) is 16.3 Å². The average Bonchev–Trinajstić information content (AvgIpc) is 2.63. The Morgan fingerprint density at radius 1 is 0.917 bits per heavy atom. The Labute approximate surface area is 142 Å². The molecule has 4 heteroatoms. The highest BCUT2D eigenvalue weighted by atomic mass is 15.2. The molecule has 3 heterocycles. The van der Waals surface area contributed by atoms with Gasteiger partial charge in [0.05, 0.1) is 0 Å². The molecule has 0 atom stereocenters. The first-order valence-corrected chi connectivity index (χ1v) is 8.57. The summed E-state index contributed by atoms with van der Waals surface area (Å²) >= 11 is 0. The van der Waals surface area contributed by atoms with Crippen molar-refractivity contribution in [2.75, 3.05) is 26.2 Å². The van der Waals surface area contributed by atoms with Gasteiger partial charge in [-0.1, -0.05) is 24.3 Å². The van der Waals surface area contributed by atoms with Crippen LogP contribution in [-0.4, -0.2) is 41.0 Å². The molecule has 122 valence electrons. The van der Waals surface area contributed by atoms with E-state index in [1.54, 1.807) is 0 Å². The van der Waals surface area contributed by atoms with Gasteiger partial charge < -0.3 is 5.32 Å². The van der Waals surface area contributed by atoms with E-state index >= 15 is 0 Å². The van der Waals surface area contributed by atoms with E-state index in [0.29, 0.717) is 0 Å². The lowest BCUT2D eigenvalue weighted by atomic mass is 10.1. The van der Waals surface area contributed by atoms with E-state index in [1.807, 2.05) is 18.5 Å². The van der Waals surface area contributed by atoms with Gasteiger partial charge in [0, 0.05) is 68.3 Å². The lowest BCUT2D eigenvalue weighted by Crippen LogP contribution is -2.42. The second kappa shape index (κ2) is 7.07. The molecule has 0 amide bonds. The van der Waals surface area contributed by atoms with Crippen LogP contribution < -0.4 is 5.32 Å². The van der Waals surface area contributed by atoms with Crippen molar-refractivity contribution < 1.29 is 0 Å². The topological polar surface area (TPSA) is 41.0 Å². The summed E-state index contributed by atoms with van der Waals surface area (Å²) in [5.41, 5.74) is 3.49. The predicted molar refractivity (Wildman–Crippen MR) is 96.9 cm³/mol. The smallest absolute Gasteiger partial charge is 0.0469 e. The van der Waals surface area contributed by atoms with Crippen LogP contribution in [0.3, 0.4) is 0 Å². The summed E-state index contributed by atoms with van der Waals surface area (Å²) < 4.78 is 0. The monoisotopic (exact) mass is 318 g/mol. The van der Waals surface area contributed by atoms with Gasteiger partial charge in [0.25, 0.3) is 0 Å². The Balaban J connectivity index is 1.50. The summed E-state index contributed by atoms with van der Waals surface area (Å²) in [6.45, 7) is 5.40. The number of hydrogen-bond acceptors (Lipinski definition) is 4. The van der Waals surface area contributed by atoms with Gasteiger partial charge in [-0.3, -0.25) is 14.9 Å². The van der Waals surface area contributed by atoms with Crippen molar-refractivity contribution in [1.82, 2.24) is 20.2 Å². The molecule has 0 bridgehead atoms. The van der Waals surface area contributed by atoms with E-state index in [4.69, 9.17) is 0 Å². The molecule has 24 heavy (non-hydrogen) atoms. The van der Waals surface area contributed by atoms with Gasteiger partial charge in [-0.2, -0.15) is 0 Å². The molecule has 0 unspecified atom stereocenters. The van der Waals surface area contributed by atoms with Crippen molar-refractivity contribution in [1.29, 1.82) is 0 Å². The van der Waals surface area contributed by atoms with Crippen molar-refractivity contribution in [3.05, 3.63) is 71.8 Å². The third-order valence-corrected chi connectivity index (χ3v) is 4.55. The third-order valence-electron chi connectivity index (χ3n) is 4.55. The molecule has 2 aromatic heterocycles. The summed E-state index contributed by atoms with van der Waals surface area (Å²) in [4.78, 5) is 11.6. The van der Waals surface area contributed by atoms with Gasteiger partial charge in [0.1, 0.15) is 0 Å². The average molecular weight is 318 g/mol. The van der Waals surface area contributed by atoms with Crippen LogP contribution in [0.25, 0.3) is 10.8 Å². The molecule has 4 rings (SSSR count). The Morgan fingerprint density at radius 2 is 1.71 bits per heavy atom. The fourth-order valence-electron chi connectivity index (χ4n) is 3.26. The molecular weight excluding hydrogens is 296 g/mol. The Morgan fingerprint density at radius 3 is 2.58 bits per heavy atom. The highest BCUT2D eigenvalue weighted by Gasteiger charge is 2.10. The van der Waals surface area contributed by atoms with Crippen molar-refractivity contribution in [3.8, 4) is 0 Å². The molecule has 1 aliphatic heterocycles. The third kappa shape index (κ3) is 3.61.